The summed E-state index contributed by atoms with van der Waals surface area (Å²) in [6.07, 6.45) is 1.86. The summed E-state index contributed by atoms with van der Waals surface area (Å²) in [6.45, 7) is 12.4. The molecule has 1 saturated heterocycles. The van der Waals surface area contributed by atoms with Gasteiger partial charge in [0.25, 0.3) is 0 Å². The Morgan fingerprint density at radius 1 is 1.48 bits per heavy atom. The topological polar surface area (TPSA) is 54.5 Å². The number of likely N-dealkylation sites (tertiary alicyclic amines) is 1. The Hall–Kier alpha value is -1.14. The predicted octanol–water partition coefficient (Wildman–Crippen LogP) is 3.75. The number of nitrogens with zero attached hydrogens (tertiary/aromatic N) is 2. The van der Waals surface area contributed by atoms with Gasteiger partial charge in [-0.05, 0) is 59.9 Å². The van der Waals surface area contributed by atoms with Crippen LogP contribution in [0.15, 0.2) is 5.38 Å². The van der Waals surface area contributed by atoms with Crippen LogP contribution in [0.1, 0.15) is 57.3 Å². The largest absolute Gasteiger partial charge is 0.444 e. The number of piperidine rings is 1. The van der Waals surface area contributed by atoms with E-state index in [-0.39, 0.29) is 12.1 Å². The number of rotatable bonds is 4. The third-order valence-corrected chi connectivity index (χ3v) is 4.85. The van der Waals surface area contributed by atoms with Crippen molar-refractivity contribution in [3.05, 3.63) is 16.1 Å². The Morgan fingerprint density at radius 3 is 2.65 bits per heavy atom. The lowest BCUT2D eigenvalue weighted by molar-refractivity contribution is 0.0183. The molecule has 1 aromatic rings. The smallest absolute Gasteiger partial charge is 0.410 e. The Balaban J connectivity index is 1.71. The van der Waals surface area contributed by atoms with E-state index in [1.807, 2.05) is 32.6 Å². The summed E-state index contributed by atoms with van der Waals surface area (Å²) in [7, 11) is 0. The molecule has 1 amide bonds. The van der Waals surface area contributed by atoms with Crippen molar-refractivity contribution in [2.45, 2.75) is 59.1 Å². The van der Waals surface area contributed by atoms with Crippen molar-refractivity contribution in [2.24, 2.45) is 5.92 Å². The van der Waals surface area contributed by atoms with Gasteiger partial charge in [0.1, 0.15) is 5.60 Å². The van der Waals surface area contributed by atoms with E-state index < -0.39 is 5.60 Å². The Bertz CT molecular complexity index is 516. The molecule has 2 rings (SSSR count). The van der Waals surface area contributed by atoms with Crippen molar-refractivity contribution >= 4 is 17.4 Å². The van der Waals surface area contributed by atoms with Crippen LogP contribution in [0.3, 0.4) is 0 Å². The molecule has 1 N–H and O–H groups in total. The number of carbonyl (C=O) groups is 1. The first-order valence-corrected chi connectivity index (χ1v) is 9.26. The molecule has 1 fully saturated rings. The number of hydrogen-bond acceptors (Lipinski definition) is 5. The summed E-state index contributed by atoms with van der Waals surface area (Å²) in [4.78, 5) is 18.4. The van der Waals surface area contributed by atoms with Gasteiger partial charge in [-0.1, -0.05) is 0 Å². The minimum absolute atomic E-state index is 0.185. The molecule has 0 spiro atoms. The molecule has 0 saturated carbocycles. The number of nitrogens with one attached hydrogen (secondary N) is 1. The first kappa shape index (κ1) is 18.2. The fourth-order valence-electron chi connectivity index (χ4n) is 2.67. The fraction of sp³-hybridized carbons (Fsp3) is 0.765. The van der Waals surface area contributed by atoms with E-state index in [1.54, 1.807) is 11.3 Å². The molecule has 1 aliphatic heterocycles. The van der Waals surface area contributed by atoms with Gasteiger partial charge < -0.3 is 15.0 Å². The second-order valence-corrected chi connectivity index (χ2v) is 8.39. The summed E-state index contributed by atoms with van der Waals surface area (Å²) in [5.74, 6) is 0.607. The van der Waals surface area contributed by atoms with Gasteiger partial charge in [0.2, 0.25) is 0 Å². The second-order valence-electron chi connectivity index (χ2n) is 7.33. The van der Waals surface area contributed by atoms with Gasteiger partial charge in [-0.2, -0.15) is 0 Å². The molecule has 6 heteroatoms. The third-order valence-electron chi connectivity index (χ3n) is 4.06. The fourth-order valence-corrected chi connectivity index (χ4v) is 3.38. The quantitative estimate of drug-likeness (QED) is 0.908. The maximum absolute atomic E-state index is 12.1. The zero-order valence-corrected chi connectivity index (χ0v) is 15.7. The van der Waals surface area contributed by atoms with E-state index in [9.17, 15) is 4.79 Å². The van der Waals surface area contributed by atoms with Crippen LogP contribution in [0, 0.1) is 12.8 Å². The van der Waals surface area contributed by atoms with Gasteiger partial charge in [0, 0.05) is 24.5 Å². The molecule has 1 atom stereocenters. The summed E-state index contributed by atoms with van der Waals surface area (Å²) in [5.41, 5.74) is 0.704. The first-order valence-electron chi connectivity index (χ1n) is 8.38. The highest BCUT2D eigenvalue weighted by atomic mass is 32.1. The molecule has 0 bridgehead atoms. The Labute approximate surface area is 143 Å². The lowest BCUT2D eigenvalue weighted by Crippen LogP contribution is -2.43. The highest BCUT2D eigenvalue weighted by Gasteiger charge is 2.27. The van der Waals surface area contributed by atoms with Gasteiger partial charge in [0.15, 0.2) is 0 Å². The number of hydrogen-bond donors (Lipinski definition) is 1. The normalized spacial score (nSPS) is 18.0. The average molecular weight is 340 g/mol. The number of aryl methyl sites for hydroxylation is 1. The number of aromatic nitrogens is 1. The molecule has 0 aromatic carbocycles. The van der Waals surface area contributed by atoms with Crippen LogP contribution >= 0.6 is 11.3 Å². The van der Waals surface area contributed by atoms with E-state index >= 15 is 0 Å². The van der Waals surface area contributed by atoms with Gasteiger partial charge in [-0.3, -0.25) is 0 Å². The Morgan fingerprint density at radius 2 is 2.13 bits per heavy atom. The average Bonchev–Trinajstić information content (AvgIpc) is 2.90. The molecule has 0 radical (unpaired) electrons. The van der Waals surface area contributed by atoms with Crippen LogP contribution in [0.25, 0.3) is 0 Å². The highest BCUT2D eigenvalue weighted by molar-refractivity contribution is 7.09. The Kier molecular flexibility index (Phi) is 6.03. The molecule has 23 heavy (non-hydrogen) atoms. The van der Waals surface area contributed by atoms with E-state index in [2.05, 4.69) is 22.6 Å². The van der Waals surface area contributed by atoms with Crippen molar-refractivity contribution < 1.29 is 9.53 Å². The molecular weight excluding hydrogens is 310 g/mol. The van der Waals surface area contributed by atoms with Crippen LogP contribution in [0.5, 0.6) is 0 Å². The van der Waals surface area contributed by atoms with Crippen LogP contribution in [-0.2, 0) is 4.74 Å². The van der Waals surface area contributed by atoms with Crippen molar-refractivity contribution in [3.63, 3.8) is 0 Å². The number of carbonyl (C=O) groups excluding carboxylic acids is 1. The summed E-state index contributed by atoms with van der Waals surface area (Å²) >= 11 is 1.69. The van der Waals surface area contributed by atoms with Crippen molar-refractivity contribution in [3.8, 4) is 0 Å². The molecule has 2 heterocycles. The van der Waals surface area contributed by atoms with Crippen LogP contribution in [-0.4, -0.2) is 41.2 Å². The molecule has 5 nitrogen and oxygen atoms in total. The molecule has 0 aliphatic carbocycles. The van der Waals surface area contributed by atoms with Gasteiger partial charge in [-0.25, -0.2) is 9.78 Å². The lowest BCUT2D eigenvalue weighted by atomic mass is 9.96. The van der Waals surface area contributed by atoms with Crippen molar-refractivity contribution in [1.29, 1.82) is 0 Å². The SMILES string of the molecule is Cc1nc([C@@H](C)NCC2CCN(C(=O)OC(C)(C)C)CC2)cs1. The molecule has 1 aliphatic rings. The van der Waals surface area contributed by atoms with E-state index in [1.165, 1.54) is 0 Å². The lowest BCUT2D eigenvalue weighted by Gasteiger charge is -2.33. The minimum Gasteiger partial charge on any atom is -0.444 e. The second kappa shape index (κ2) is 7.62. The van der Waals surface area contributed by atoms with E-state index in [0.717, 1.165) is 43.2 Å². The van der Waals surface area contributed by atoms with Crippen LogP contribution in [0.2, 0.25) is 0 Å². The minimum atomic E-state index is -0.420. The summed E-state index contributed by atoms with van der Waals surface area (Å²) in [5, 5.41) is 6.81. The zero-order valence-electron chi connectivity index (χ0n) is 14.9. The maximum Gasteiger partial charge on any atom is 0.410 e. The summed E-state index contributed by atoms with van der Waals surface area (Å²) in [6, 6.07) is 0.281. The molecule has 130 valence electrons. The molecule has 1 aromatic heterocycles. The van der Waals surface area contributed by atoms with Gasteiger partial charge >= 0.3 is 6.09 Å². The predicted molar refractivity (Wildman–Crippen MR) is 93.8 cm³/mol. The van der Waals surface area contributed by atoms with Crippen molar-refractivity contribution in [1.82, 2.24) is 15.2 Å². The van der Waals surface area contributed by atoms with Gasteiger partial charge in [0.05, 0.1) is 10.7 Å². The zero-order chi connectivity index (χ0) is 17.0. The first-order chi connectivity index (χ1) is 10.7. The monoisotopic (exact) mass is 339 g/mol. The summed E-state index contributed by atoms with van der Waals surface area (Å²) < 4.78 is 5.44. The maximum atomic E-state index is 12.1. The van der Waals surface area contributed by atoms with Crippen LogP contribution in [0.4, 0.5) is 4.79 Å². The van der Waals surface area contributed by atoms with E-state index in [4.69, 9.17) is 4.74 Å². The highest BCUT2D eigenvalue weighted by Crippen LogP contribution is 2.21. The van der Waals surface area contributed by atoms with Gasteiger partial charge in [-0.15, -0.1) is 11.3 Å². The van der Waals surface area contributed by atoms with Crippen LogP contribution < -0.4 is 5.32 Å². The third kappa shape index (κ3) is 5.77. The molecular formula is C17H29N3O2S. The number of thiazole rings is 1. The number of ether oxygens (including phenoxy) is 1. The standard InChI is InChI=1S/C17H29N3O2S/c1-12(15-11-23-13(2)19-15)18-10-14-6-8-20(9-7-14)16(21)22-17(3,4)5/h11-12,14,18H,6-10H2,1-5H3/t12-/m1/s1. The van der Waals surface area contributed by atoms with E-state index in [0.29, 0.717) is 5.92 Å². The number of amides is 1. The van der Waals surface area contributed by atoms with Crippen molar-refractivity contribution in [2.75, 3.05) is 19.6 Å². The molecule has 0 unspecified atom stereocenters.